The normalized spacial score (nSPS) is 11.9. The van der Waals surface area contributed by atoms with Crippen LogP contribution in [0.25, 0.3) is 21.9 Å². The van der Waals surface area contributed by atoms with Crippen LogP contribution in [0.2, 0.25) is 0 Å². The highest BCUT2D eigenvalue weighted by atomic mass is 32.1. The van der Waals surface area contributed by atoms with E-state index >= 15 is 0 Å². The van der Waals surface area contributed by atoms with Crippen molar-refractivity contribution >= 4 is 33.2 Å². The van der Waals surface area contributed by atoms with Crippen LogP contribution in [0.1, 0.15) is 16.1 Å². The third kappa shape index (κ3) is 4.58. The zero-order valence-electron chi connectivity index (χ0n) is 15.3. The molecule has 0 unspecified atom stereocenters. The second-order valence-electron chi connectivity index (χ2n) is 5.88. The van der Waals surface area contributed by atoms with Crippen LogP contribution in [0.5, 0.6) is 11.5 Å². The van der Waals surface area contributed by atoms with Crippen molar-refractivity contribution < 1.29 is 22.6 Å². The Kier molecular flexibility index (Phi) is 5.89. The molecule has 0 aliphatic carbocycles. The van der Waals surface area contributed by atoms with Gasteiger partial charge >= 0.3 is 6.18 Å². The molecule has 29 heavy (non-hydrogen) atoms. The molecule has 2 aromatic carbocycles. The minimum absolute atomic E-state index is 0.201. The SMILES string of the molecule is C=CCOc1ccc(/C=C(\C#N)c2nc3cc(C(F)(F)F)ccc3s2)cc1OC. The summed E-state index contributed by atoms with van der Waals surface area (Å²) in [5.74, 6) is 1.01. The van der Waals surface area contributed by atoms with E-state index in [1.54, 1.807) is 30.4 Å². The van der Waals surface area contributed by atoms with Gasteiger partial charge in [0.15, 0.2) is 11.5 Å². The van der Waals surface area contributed by atoms with Gasteiger partial charge in [-0.25, -0.2) is 4.98 Å². The smallest absolute Gasteiger partial charge is 0.416 e. The molecule has 0 aliphatic rings. The minimum atomic E-state index is -4.45. The number of rotatable bonds is 6. The number of hydrogen-bond acceptors (Lipinski definition) is 5. The molecule has 0 bridgehead atoms. The lowest BCUT2D eigenvalue weighted by Gasteiger charge is -2.09. The molecular formula is C21H15F3N2O2S. The first-order valence-corrected chi connectivity index (χ1v) is 9.19. The summed E-state index contributed by atoms with van der Waals surface area (Å²) >= 11 is 1.16. The molecule has 0 atom stereocenters. The van der Waals surface area contributed by atoms with Gasteiger partial charge in [0.05, 0.1) is 28.5 Å². The highest BCUT2D eigenvalue weighted by molar-refractivity contribution is 7.19. The van der Waals surface area contributed by atoms with Gasteiger partial charge in [-0.2, -0.15) is 18.4 Å². The number of alkyl halides is 3. The fraction of sp³-hybridized carbons (Fsp3) is 0.143. The lowest BCUT2D eigenvalue weighted by atomic mass is 10.1. The number of fused-ring (bicyclic) bond motifs is 1. The molecule has 0 fully saturated rings. The minimum Gasteiger partial charge on any atom is -0.493 e. The standard InChI is InChI=1S/C21H15F3N2O2S/c1-3-8-28-17-6-4-13(10-18(17)27-2)9-14(12-25)20-26-16-11-15(21(22,23)24)5-7-19(16)29-20/h3-7,9-11H,1,8H2,2H3/b14-9+. The van der Waals surface area contributed by atoms with Gasteiger partial charge in [0.2, 0.25) is 0 Å². The predicted octanol–water partition coefficient (Wildman–Crippen LogP) is 5.95. The molecule has 3 aromatic rings. The molecule has 0 spiro atoms. The van der Waals surface area contributed by atoms with Gasteiger partial charge in [-0.15, -0.1) is 11.3 Å². The van der Waals surface area contributed by atoms with Crippen LogP contribution in [0, 0.1) is 11.3 Å². The lowest BCUT2D eigenvalue weighted by Crippen LogP contribution is -2.03. The van der Waals surface area contributed by atoms with E-state index in [-0.39, 0.29) is 11.1 Å². The van der Waals surface area contributed by atoms with Crippen LogP contribution in [0.4, 0.5) is 13.2 Å². The topological polar surface area (TPSA) is 55.1 Å². The highest BCUT2D eigenvalue weighted by Crippen LogP contribution is 2.35. The monoisotopic (exact) mass is 416 g/mol. The summed E-state index contributed by atoms with van der Waals surface area (Å²) in [4.78, 5) is 4.22. The molecule has 1 aromatic heterocycles. The zero-order chi connectivity index (χ0) is 21.0. The zero-order valence-corrected chi connectivity index (χ0v) is 16.1. The Hall–Kier alpha value is -3.31. The number of allylic oxidation sites excluding steroid dienone is 1. The van der Waals surface area contributed by atoms with E-state index in [9.17, 15) is 18.4 Å². The van der Waals surface area contributed by atoms with Crippen molar-refractivity contribution in [3.05, 3.63) is 65.2 Å². The van der Waals surface area contributed by atoms with Gasteiger partial charge in [-0.05, 0) is 42.0 Å². The molecule has 0 N–H and O–H groups in total. The first-order chi connectivity index (χ1) is 13.9. The molecule has 1 heterocycles. The quantitative estimate of drug-likeness (QED) is 0.368. The van der Waals surface area contributed by atoms with Crippen molar-refractivity contribution in [1.82, 2.24) is 4.98 Å². The van der Waals surface area contributed by atoms with Gasteiger partial charge in [0.1, 0.15) is 17.7 Å². The van der Waals surface area contributed by atoms with Crippen molar-refractivity contribution in [1.29, 1.82) is 5.26 Å². The van der Waals surface area contributed by atoms with E-state index in [0.29, 0.717) is 33.4 Å². The van der Waals surface area contributed by atoms with Crippen molar-refractivity contribution in [2.24, 2.45) is 0 Å². The van der Waals surface area contributed by atoms with Gasteiger partial charge in [-0.1, -0.05) is 18.7 Å². The largest absolute Gasteiger partial charge is 0.493 e. The molecule has 0 saturated heterocycles. The summed E-state index contributed by atoms with van der Waals surface area (Å²) in [6.07, 6.45) is -1.24. The van der Waals surface area contributed by atoms with Gasteiger partial charge in [0, 0.05) is 0 Å². The molecule has 148 valence electrons. The summed E-state index contributed by atoms with van der Waals surface area (Å²) in [6.45, 7) is 3.91. The second-order valence-corrected chi connectivity index (χ2v) is 6.91. The van der Waals surface area contributed by atoms with E-state index < -0.39 is 11.7 Å². The third-order valence-electron chi connectivity index (χ3n) is 3.92. The molecular weight excluding hydrogens is 401 g/mol. The Morgan fingerprint density at radius 1 is 1.24 bits per heavy atom. The molecule has 0 aliphatic heterocycles. The van der Waals surface area contributed by atoms with Crippen LogP contribution in [0.3, 0.4) is 0 Å². The number of aromatic nitrogens is 1. The van der Waals surface area contributed by atoms with Crippen molar-refractivity contribution in [2.75, 3.05) is 13.7 Å². The van der Waals surface area contributed by atoms with E-state index in [4.69, 9.17) is 9.47 Å². The molecule has 4 nitrogen and oxygen atoms in total. The highest BCUT2D eigenvalue weighted by Gasteiger charge is 2.30. The summed E-state index contributed by atoms with van der Waals surface area (Å²) in [6, 6.07) is 10.6. The van der Waals surface area contributed by atoms with Crippen LogP contribution in [-0.2, 0) is 6.18 Å². The lowest BCUT2D eigenvalue weighted by molar-refractivity contribution is -0.137. The summed E-state index contributed by atoms with van der Waals surface area (Å²) in [7, 11) is 1.50. The average molecular weight is 416 g/mol. The number of ether oxygens (including phenoxy) is 2. The van der Waals surface area contributed by atoms with Crippen molar-refractivity contribution in [3.63, 3.8) is 0 Å². The van der Waals surface area contributed by atoms with Crippen LogP contribution in [0.15, 0.2) is 49.1 Å². The Morgan fingerprint density at radius 3 is 2.69 bits per heavy atom. The number of methoxy groups -OCH3 is 1. The fourth-order valence-electron chi connectivity index (χ4n) is 2.57. The van der Waals surface area contributed by atoms with Crippen LogP contribution < -0.4 is 9.47 Å². The van der Waals surface area contributed by atoms with Crippen molar-refractivity contribution in [2.45, 2.75) is 6.18 Å². The average Bonchev–Trinajstić information content (AvgIpc) is 3.13. The first kappa shape index (κ1) is 20.4. The molecule has 3 rings (SSSR count). The van der Waals surface area contributed by atoms with Gasteiger partial charge in [0.25, 0.3) is 0 Å². The predicted molar refractivity (Wildman–Crippen MR) is 107 cm³/mol. The fourth-order valence-corrected chi connectivity index (χ4v) is 3.48. The second kappa shape index (κ2) is 8.37. The maximum absolute atomic E-state index is 12.9. The number of hydrogen-bond donors (Lipinski definition) is 0. The van der Waals surface area contributed by atoms with E-state index in [0.717, 1.165) is 23.5 Å². The number of thiazole rings is 1. The maximum atomic E-state index is 12.9. The maximum Gasteiger partial charge on any atom is 0.416 e. The Labute approximate surface area is 169 Å². The Balaban J connectivity index is 1.98. The first-order valence-electron chi connectivity index (χ1n) is 8.37. The third-order valence-corrected chi connectivity index (χ3v) is 4.99. The summed E-state index contributed by atoms with van der Waals surface area (Å²) in [5.41, 5.74) is 0.331. The molecule has 0 saturated carbocycles. The Morgan fingerprint density at radius 2 is 2.03 bits per heavy atom. The Bertz CT molecular complexity index is 1130. The number of benzene rings is 2. The van der Waals surface area contributed by atoms with Crippen molar-refractivity contribution in [3.8, 4) is 17.6 Å². The summed E-state index contributed by atoms with van der Waals surface area (Å²) < 4.78 is 50.1. The number of nitriles is 1. The number of halogens is 3. The van der Waals surface area contributed by atoms with Crippen LogP contribution in [-0.4, -0.2) is 18.7 Å². The molecule has 8 heteroatoms. The van der Waals surface area contributed by atoms with E-state index in [2.05, 4.69) is 17.6 Å². The van der Waals surface area contributed by atoms with Crippen LogP contribution >= 0.6 is 11.3 Å². The van der Waals surface area contributed by atoms with E-state index in [1.807, 2.05) is 0 Å². The summed E-state index contributed by atoms with van der Waals surface area (Å²) in [5, 5.41) is 9.89. The molecule has 0 amide bonds. The van der Waals surface area contributed by atoms with Gasteiger partial charge in [-0.3, -0.25) is 0 Å². The van der Waals surface area contributed by atoms with E-state index in [1.165, 1.54) is 13.2 Å². The van der Waals surface area contributed by atoms with Gasteiger partial charge < -0.3 is 9.47 Å². The number of nitrogens with zero attached hydrogens (tertiary/aromatic N) is 2. The molecule has 0 radical (unpaired) electrons.